The van der Waals surface area contributed by atoms with Crippen molar-refractivity contribution in [3.05, 3.63) is 17.0 Å². The number of rotatable bonds is 5. The first kappa shape index (κ1) is 14.1. The van der Waals surface area contributed by atoms with Crippen LogP contribution in [0.4, 0.5) is 0 Å². The monoisotopic (exact) mass is 277 g/mol. The number of sulfonamides is 1. The topological polar surface area (TPSA) is 63.7 Å². The van der Waals surface area contributed by atoms with E-state index in [1.54, 1.807) is 12.1 Å². The molecular formula is C10H15NO4S2. The fraction of sp³-hybridized carbons (Fsp3) is 0.500. The number of hydrogen-bond acceptors (Lipinski definition) is 5. The first-order valence-corrected chi connectivity index (χ1v) is 7.29. The second-order valence-corrected chi connectivity index (χ2v) is 6.85. The molecular weight excluding hydrogens is 262 g/mol. The van der Waals surface area contributed by atoms with Gasteiger partial charge in [-0.2, -0.15) is 4.31 Å². The summed E-state index contributed by atoms with van der Waals surface area (Å²) in [5, 5.41) is 0. The molecule has 0 amide bonds. The Morgan fingerprint density at radius 3 is 2.59 bits per heavy atom. The fourth-order valence-electron chi connectivity index (χ4n) is 1.17. The van der Waals surface area contributed by atoms with Gasteiger partial charge in [-0.05, 0) is 18.6 Å². The van der Waals surface area contributed by atoms with E-state index in [4.69, 9.17) is 0 Å². The molecule has 0 spiro atoms. The largest absolute Gasteiger partial charge is 0.468 e. The predicted molar refractivity (Wildman–Crippen MR) is 65.5 cm³/mol. The quantitative estimate of drug-likeness (QED) is 0.756. The Balaban J connectivity index is 2.90. The fourth-order valence-corrected chi connectivity index (χ4v) is 3.79. The molecule has 0 aliphatic rings. The van der Waals surface area contributed by atoms with Gasteiger partial charge in [0, 0.05) is 11.9 Å². The van der Waals surface area contributed by atoms with Crippen LogP contribution in [0.2, 0.25) is 0 Å². The maximum Gasteiger partial charge on any atom is 0.321 e. The van der Waals surface area contributed by atoms with Crippen LogP contribution >= 0.6 is 11.3 Å². The Labute approximate surface area is 105 Å². The van der Waals surface area contributed by atoms with Gasteiger partial charge < -0.3 is 4.74 Å². The second kappa shape index (κ2) is 5.61. The summed E-state index contributed by atoms with van der Waals surface area (Å²) in [6, 6.07) is 3.34. The van der Waals surface area contributed by atoms with Gasteiger partial charge in [0.1, 0.15) is 10.8 Å². The number of thiophene rings is 1. The van der Waals surface area contributed by atoms with E-state index < -0.39 is 16.0 Å². The highest BCUT2D eigenvalue weighted by molar-refractivity contribution is 7.91. The van der Waals surface area contributed by atoms with Gasteiger partial charge in [0.2, 0.25) is 0 Å². The molecule has 0 aromatic carbocycles. The predicted octanol–water partition coefficient (Wildman–Crippen LogP) is 1.10. The first-order chi connectivity index (χ1) is 7.91. The zero-order valence-corrected chi connectivity index (χ0v) is 11.6. The van der Waals surface area contributed by atoms with E-state index in [2.05, 4.69) is 4.74 Å². The van der Waals surface area contributed by atoms with Crippen LogP contribution in [0.15, 0.2) is 16.3 Å². The van der Waals surface area contributed by atoms with Crippen LogP contribution in [0.5, 0.6) is 0 Å². The molecule has 0 aliphatic carbocycles. The number of nitrogens with zero attached hydrogens (tertiary/aromatic N) is 1. The molecule has 0 saturated heterocycles. The van der Waals surface area contributed by atoms with Crippen molar-refractivity contribution >= 4 is 27.3 Å². The van der Waals surface area contributed by atoms with E-state index >= 15 is 0 Å². The Kier molecular flexibility index (Phi) is 4.67. The number of aryl methyl sites for hydroxylation is 1. The summed E-state index contributed by atoms with van der Waals surface area (Å²) in [7, 11) is -0.998. The highest BCUT2D eigenvalue weighted by Gasteiger charge is 2.24. The summed E-state index contributed by atoms with van der Waals surface area (Å²) in [6.45, 7) is 1.68. The van der Waals surface area contributed by atoms with Gasteiger partial charge in [-0.15, -0.1) is 11.3 Å². The standard InChI is InChI=1S/C10H15NO4S2/c1-4-8-5-6-10(16-8)17(13,14)11(2)7-9(12)15-3/h5-6H,4,7H2,1-3H3. The SMILES string of the molecule is CCc1ccc(S(=O)(=O)N(C)CC(=O)OC)s1. The Bertz CT molecular complexity index is 492. The zero-order chi connectivity index (χ0) is 13.1. The maximum absolute atomic E-state index is 12.0. The van der Waals surface area contributed by atoms with Gasteiger partial charge in [0.25, 0.3) is 10.0 Å². The minimum Gasteiger partial charge on any atom is -0.468 e. The van der Waals surface area contributed by atoms with Crippen LogP contribution in [0.25, 0.3) is 0 Å². The van der Waals surface area contributed by atoms with E-state index in [1.807, 2.05) is 6.92 Å². The molecule has 0 N–H and O–H groups in total. The third-order valence-corrected chi connectivity index (χ3v) is 5.73. The van der Waals surface area contributed by atoms with Gasteiger partial charge in [0.05, 0.1) is 7.11 Å². The molecule has 17 heavy (non-hydrogen) atoms. The number of esters is 1. The third-order valence-electron chi connectivity index (χ3n) is 2.23. The minimum atomic E-state index is -3.58. The Morgan fingerprint density at radius 1 is 1.47 bits per heavy atom. The van der Waals surface area contributed by atoms with Crippen molar-refractivity contribution in [3.63, 3.8) is 0 Å². The lowest BCUT2D eigenvalue weighted by molar-refractivity contribution is -0.140. The van der Waals surface area contributed by atoms with Crippen LogP contribution < -0.4 is 0 Å². The number of methoxy groups -OCH3 is 1. The smallest absolute Gasteiger partial charge is 0.321 e. The lowest BCUT2D eigenvalue weighted by Crippen LogP contribution is -2.32. The summed E-state index contributed by atoms with van der Waals surface area (Å²) in [5.41, 5.74) is 0. The highest BCUT2D eigenvalue weighted by Crippen LogP contribution is 2.24. The summed E-state index contributed by atoms with van der Waals surface area (Å²) in [5.74, 6) is -0.580. The highest BCUT2D eigenvalue weighted by atomic mass is 32.2. The Morgan fingerprint density at radius 2 is 2.12 bits per heavy atom. The van der Waals surface area contributed by atoms with Gasteiger partial charge in [0.15, 0.2) is 0 Å². The molecule has 1 aromatic heterocycles. The van der Waals surface area contributed by atoms with E-state index in [0.29, 0.717) is 0 Å². The van der Waals surface area contributed by atoms with Crippen molar-refractivity contribution in [1.29, 1.82) is 0 Å². The molecule has 0 unspecified atom stereocenters. The van der Waals surface area contributed by atoms with E-state index in [1.165, 1.54) is 25.5 Å². The summed E-state index contributed by atoms with van der Waals surface area (Å²) in [4.78, 5) is 12.0. The van der Waals surface area contributed by atoms with Gasteiger partial charge in [-0.25, -0.2) is 8.42 Å². The van der Waals surface area contributed by atoms with E-state index in [0.717, 1.165) is 15.6 Å². The molecule has 0 saturated carbocycles. The molecule has 0 aliphatic heterocycles. The number of carbonyl (C=O) groups excluding carboxylic acids is 1. The number of carbonyl (C=O) groups is 1. The first-order valence-electron chi connectivity index (χ1n) is 5.03. The molecule has 96 valence electrons. The maximum atomic E-state index is 12.0. The van der Waals surface area contributed by atoms with Gasteiger partial charge in [-0.1, -0.05) is 6.92 Å². The van der Waals surface area contributed by atoms with Crippen LogP contribution in [0.1, 0.15) is 11.8 Å². The van der Waals surface area contributed by atoms with Crippen LogP contribution in [-0.2, 0) is 26.0 Å². The molecule has 1 aromatic rings. The number of ether oxygens (including phenoxy) is 1. The molecule has 1 heterocycles. The molecule has 0 fully saturated rings. The minimum absolute atomic E-state index is 0.251. The third kappa shape index (κ3) is 3.27. The van der Waals surface area contributed by atoms with E-state index in [-0.39, 0.29) is 10.8 Å². The molecule has 0 radical (unpaired) electrons. The van der Waals surface area contributed by atoms with Crippen LogP contribution in [0.3, 0.4) is 0 Å². The second-order valence-electron chi connectivity index (χ2n) is 3.41. The molecule has 7 heteroatoms. The van der Waals surface area contributed by atoms with E-state index in [9.17, 15) is 13.2 Å². The average molecular weight is 277 g/mol. The Hall–Kier alpha value is -0.920. The van der Waals surface area contributed by atoms with Gasteiger partial charge >= 0.3 is 5.97 Å². The molecule has 5 nitrogen and oxygen atoms in total. The molecule has 0 atom stereocenters. The lowest BCUT2D eigenvalue weighted by Gasteiger charge is -2.14. The summed E-state index contributed by atoms with van der Waals surface area (Å²) < 4.78 is 29.8. The van der Waals surface area contributed by atoms with Crippen LogP contribution in [0, 0.1) is 0 Å². The van der Waals surface area contributed by atoms with Crippen molar-refractivity contribution in [1.82, 2.24) is 4.31 Å². The van der Waals surface area contributed by atoms with Crippen LogP contribution in [-0.4, -0.2) is 39.4 Å². The van der Waals surface area contributed by atoms with Gasteiger partial charge in [-0.3, -0.25) is 4.79 Å². The van der Waals surface area contributed by atoms with Crippen molar-refractivity contribution in [2.45, 2.75) is 17.6 Å². The summed E-state index contributed by atoms with van der Waals surface area (Å²) >= 11 is 1.22. The number of likely N-dealkylation sites (N-methyl/N-ethyl adjacent to an activating group) is 1. The normalized spacial score (nSPS) is 11.8. The van der Waals surface area contributed by atoms with Crippen molar-refractivity contribution in [2.75, 3.05) is 20.7 Å². The molecule has 1 rings (SSSR count). The summed E-state index contributed by atoms with van der Waals surface area (Å²) in [6.07, 6.45) is 0.793. The van der Waals surface area contributed by atoms with Crippen molar-refractivity contribution in [3.8, 4) is 0 Å². The average Bonchev–Trinajstić information content (AvgIpc) is 2.77. The zero-order valence-electron chi connectivity index (χ0n) is 9.97. The van der Waals surface area contributed by atoms with Crippen molar-refractivity contribution in [2.24, 2.45) is 0 Å². The lowest BCUT2D eigenvalue weighted by atomic mass is 10.4. The van der Waals surface area contributed by atoms with Crippen molar-refractivity contribution < 1.29 is 17.9 Å². The molecule has 0 bridgehead atoms. The number of hydrogen-bond donors (Lipinski definition) is 0.